The fourth-order valence-electron chi connectivity index (χ4n) is 3.85. The summed E-state index contributed by atoms with van der Waals surface area (Å²) in [5.41, 5.74) is 2.95. The minimum atomic E-state index is -4.05. The van der Waals surface area contributed by atoms with E-state index < -0.39 is 22.5 Å². The van der Waals surface area contributed by atoms with Gasteiger partial charge in [0.25, 0.3) is 15.9 Å². The lowest BCUT2D eigenvalue weighted by Gasteiger charge is -2.23. The Morgan fingerprint density at radius 3 is 2.26 bits per heavy atom. The summed E-state index contributed by atoms with van der Waals surface area (Å²) in [6.45, 7) is 3.17. The van der Waals surface area contributed by atoms with Crippen LogP contribution >= 0.6 is 0 Å². The Morgan fingerprint density at radius 2 is 1.59 bits per heavy atom. The van der Waals surface area contributed by atoms with Crippen LogP contribution in [0.25, 0.3) is 10.9 Å². The number of carbonyl (C=O) groups excluding carboxylic acids is 1. The first-order valence-electron chi connectivity index (χ1n) is 10.6. The molecule has 0 fully saturated rings. The first kappa shape index (κ1) is 23.2. The number of amides is 1. The molecule has 9 heteroatoms. The highest BCUT2D eigenvalue weighted by Gasteiger charge is 2.27. The normalized spacial score (nSPS) is 11.9. The maximum Gasteiger partial charge on any atom is 0.285 e. The highest BCUT2D eigenvalue weighted by atomic mass is 32.2. The molecule has 0 unspecified atom stereocenters. The molecule has 4 aromatic rings. The Hall–Kier alpha value is -3.98. The van der Waals surface area contributed by atoms with Gasteiger partial charge in [-0.15, -0.1) is 10.2 Å². The van der Waals surface area contributed by atoms with Crippen molar-refractivity contribution in [2.45, 2.75) is 18.7 Å². The van der Waals surface area contributed by atoms with Gasteiger partial charge in [-0.2, -0.15) is 0 Å². The van der Waals surface area contributed by atoms with E-state index in [1.807, 2.05) is 32.0 Å². The second-order valence-electron chi connectivity index (χ2n) is 8.01. The summed E-state index contributed by atoms with van der Waals surface area (Å²) < 4.78 is 29.5. The van der Waals surface area contributed by atoms with Crippen LogP contribution in [-0.4, -0.2) is 30.5 Å². The number of fused-ring (bicyclic) bond motifs is 1. The fraction of sp³-hybridized carbons (Fsp3) is 0.160. The van der Waals surface area contributed by atoms with Crippen LogP contribution in [0.3, 0.4) is 0 Å². The van der Waals surface area contributed by atoms with Gasteiger partial charge in [-0.05, 0) is 55.3 Å². The molecule has 0 radical (unpaired) electrons. The van der Waals surface area contributed by atoms with Crippen LogP contribution < -0.4 is 4.31 Å². The van der Waals surface area contributed by atoms with E-state index in [9.17, 15) is 18.3 Å². The van der Waals surface area contributed by atoms with Gasteiger partial charge in [-0.25, -0.2) is 8.42 Å². The van der Waals surface area contributed by atoms with E-state index in [2.05, 4.69) is 10.2 Å². The van der Waals surface area contributed by atoms with Crippen molar-refractivity contribution in [3.05, 3.63) is 83.9 Å². The molecule has 0 atom stereocenters. The van der Waals surface area contributed by atoms with Crippen LogP contribution in [0.1, 0.15) is 11.1 Å². The van der Waals surface area contributed by atoms with E-state index >= 15 is 0 Å². The lowest BCUT2D eigenvalue weighted by Crippen LogP contribution is -2.35. The van der Waals surface area contributed by atoms with Gasteiger partial charge >= 0.3 is 0 Å². The Bertz CT molecular complexity index is 1490. The number of hydrogen-bond acceptors (Lipinski definition) is 5. The SMILES string of the molecule is Cc1cc(C)cc(N(CC(=O)N=Nc2c(O)n(C)c3ccccc23)S(=O)(=O)c2ccccc2)c1. The summed E-state index contributed by atoms with van der Waals surface area (Å²) in [5, 5.41) is 18.8. The maximum absolute atomic E-state index is 13.5. The van der Waals surface area contributed by atoms with Crippen molar-refractivity contribution in [2.75, 3.05) is 10.8 Å². The molecular formula is C25H24N4O4S. The minimum absolute atomic E-state index is 0.0607. The van der Waals surface area contributed by atoms with Crippen molar-refractivity contribution in [3.63, 3.8) is 0 Å². The molecule has 0 aliphatic rings. The van der Waals surface area contributed by atoms with Gasteiger partial charge < -0.3 is 9.67 Å². The molecule has 0 aliphatic heterocycles. The zero-order valence-corrected chi connectivity index (χ0v) is 19.8. The molecule has 8 nitrogen and oxygen atoms in total. The number of aryl methyl sites for hydroxylation is 3. The topological polar surface area (TPSA) is 104 Å². The highest BCUT2D eigenvalue weighted by molar-refractivity contribution is 7.92. The van der Waals surface area contributed by atoms with Crippen molar-refractivity contribution >= 4 is 38.2 Å². The van der Waals surface area contributed by atoms with E-state index in [1.54, 1.807) is 49.5 Å². The molecule has 1 aromatic heterocycles. The average molecular weight is 477 g/mol. The predicted molar refractivity (Wildman–Crippen MR) is 131 cm³/mol. The van der Waals surface area contributed by atoms with Gasteiger partial charge in [0.1, 0.15) is 6.54 Å². The monoisotopic (exact) mass is 476 g/mol. The number of carbonyl (C=O) groups is 1. The zero-order chi connectivity index (χ0) is 24.5. The summed E-state index contributed by atoms with van der Waals surface area (Å²) in [5.74, 6) is -0.910. The summed E-state index contributed by atoms with van der Waals surface area (Å²) in [6, 6.07) is 20.4. The Labute approximate surface area is 197 Å². The Kier molecular flexibility index (Phi) is 6.21. The van der Waals surface area contributed by atoms with Crippen LogP contribution in [0.5, 0.6) is 5.88 Å². The molecule has 174 valence electrons. The van der Waals surface area contributed by atoms with Gasteiger partial charge in [0, 0.05) is 12.4 Å². The maximum atomic E-state index is 13.5. The number of aromatic nitrogens is 1. The number of azo groups is 1. The number of para-hydroxylation sites is 1. The van der Waals surface area contributed by atoms with E-state index in [4.69, 9.17) is 0 Å². The second kappa shape index (κ2) is 9.11. The van der Waals surface area contributed by atoms with Gasteiger partial charge in [0.05, 0.1) is 16.1 Å². The average Bonchev–Trinajstić information content (AvgIpc) is 3.05. The van der Waals surface area contributed by atoms with Gasteiger partial charge in [0.2, 0.25) is 5.88 Å². The number of sulfonamides is 1. The summed E-state index contributed by atoms with van der Waals surface area (Å²) >= 11 is 0. The van der Waals surface area contributed by atoms with E-state index in [1.165, 1.54) is 16.7 Å². The molecule has 0 saturated heterocycles. The van der Waals surface area contributed by atoms with Gasteiger partial charge in [-0.1, -0.05) is 42.5 Å². The molecule has 0 bridgehead atoms. The summed E-state index contributed by atoms with van der Waals surface area (Å²) in [6.07, 6.45) is 0. The molecule has 3 aromatic carbocycles. The van der Waals surface area contributed by atoms with Crippen LogP contribution in [-0.2, 0) is 21.9 Å². The largest absolute Gasteiger partial charge is 0.493 e. The smallest absolute Gasteiger partial charge is 0.285 e. The first-order chi connectivity index (χ1) is 16.2. The standard InChI is InChI=1S/C25H24N4O4S/c1-17-13-18(2)15-19(14-17)29(34(32,33)20-9-5-4-6-10-20)16-23(30)26-27-24-21-11-7-8-12-22(21)28(3)25(24)31/h4-15,31H,16H2,1-3H3. The number of nitrogens with zero attached hydrogens (tertiary/aromatic N) is 4. The lowest BCUT2D eigenvalue weighted by molar-refractivity contribution is -0.116. The van der Waals surface area contributed by atoms with E-state index in [-0.39, 0.29) is 16.5 Å². The molecule has 1 heterocycles. The Morgan fingerprint density at radius 1 is 0.971 bits per heavy atom. The van der Waals surface area contributed by atoms with Crippen molar-refractivity contribution < 1.29 is 18.3 Å². The number of hydrogen-bond donors (Lipinski definition) is 1. The fourth-order valence-corrected chi connectivity index (χ4v) is 5.27. The van der Waals surface area contributed by atoms with Crippen LogP contribution in [0.2, 0.25) is 0 Å². The third-order valence-corrected chi connectivity index (χ3v) is 7.20. The van der Waals surface area contributed by atoms with Crippen LogP contribution in [0, 0.1) is 13.8 Å². The number of benzene rings is 3. The number of rotatable bonds is 6. The molecule has 0 spiro atoms. The first-order valence-corrected chi connectivity index (χ1v) is 12.0. The number of anilines is 1. The third kappa shape index (κ3) is 4.42. The van der Waals surface area contributed by atoms with Crippen molar-refractivity contribution in [1.29, 1.82) is 0 Å². The molecule has 1 amide bonds. The van der Waals surface area contributed by atoms with Crippen LogP contribution in [0.15, 0.2) is 87.9 Å². The Balaban J connectivity index is 1.71. The summed E-state index contributed by atoms with van der Waals surface area (Å²) in [4.78, 5) is 12.9. The third-order valence-electron chi connectivity index (χ3n) is 5.42. The van der Waals surface area contributed by atoms with Gasteiger partial charge in [-0.3, -0.25) is 9.10 Å². The highest BCUT2D eigenvalue weighted by Crippen LogP contribution is 2.37. The molecule has 34 heavy (non-hydrogen) atoms. The summed E-state index contributed by atoms with van der Waals surface area (Å²) in [7, 11) is -2.37. The molecule has 0 aliphatic carbocycles. The van der Waals surface area contributed by atoms with Crippen molar-refractivity contribution in [3.8, 4) is 5.88 Å². The molecule has 4 rings (SSSR count). The van der Waals surface area contributed by atoms with Gasteiger partial charge in [0.15, 0.2) is 5.69 Å². The molecule has 0 saturated carbocycles. The predicted octanol–water partition coefficient (Wildman–Crippen LogP) is 5.01. The zero-order valence-electron chi connectivity index (χ0n) is 19.0. The molecular weight excluding hydrogens is 452 g/mol. The van der Waals surface area contributed by atoms with E-state index in [0.717, 1.165) is 20.9 Å². The minimum Gasteiger partial charge on any atom is -0.493 e. The van der Waals surface area contributed by atoms with E-state index in [0.29, 0.717) is 11.1 Å². The van der Waals surface area contributed by atoms with Crippen molar-refractivity contribution in [2.24, 2.45) is 17.3 Å². The lowest BCUT2D eigenvalue weighted by atomic mass is 10.1. The van der Waals surface area contributed by atoms with Crippen LogP contribution in [0.4, 0.5) is 11.4 Å². The molecule has 1 N–H and O–H groups in total. The van der Waals surface area contributed by atoms with Crippen molar-refractivity contribution in [1.82, 2.24) is 4.57 Å². The number of aromatic hydroxyl groups is 1. The quantitative estimate of drug-likeness (QED) is 0.395. The second-order valence-corrected chi connectivity index (χ2v) is 9.88.